The van der Waals surface area contributed by atoms with Crippen LogP contribution >= 0.6 is 0 Å². The number of carbonyl (C=O) groups is 1. The fourth-order valence-corrected chi connectivity index (χ4v) is 0.959. The molecule has 0 bridgehead atoms. The second kappa shape index (κ2) is 6.23. The Bertz CT molecular complexity index is 274. The zero-order valence-corrected chi connectivity index (χ0v) is 8.10. The number of carbonyl (C=O) groups excluding carboxylic acids is 1. The monoisotopic (exact) mass is 195 g/mol. The third-order valence-electron chi connectivity index (χ3n) is 1.62. The second-order valence-corrected chi connectivity index (χ2v) is 2.64. The van der Waals surface area contributed by atoms with Crippen molar-refractivity contribution in [3.05, 3.63) is 30.1 Å². The van der Waals surface area contributed by atoms with Crippen molar-refractivity contribution in [3.63, 3.8) is 0 Å². The van der Waals surface area contributed by atoms with E-state index in [2.05, 4.69) is 9.87 Å². The maximum atomic E-state index is 11.4. The second-order valence-electron chi connectivity index (χ2n) is 2.64. The highest BCUT2D eigenvalue weighted by Gasteiger charge is 2.04. The normalized spacial score (nSPS) is 10.1. The number of pyridine rings is 1. The number of nitrogens with zero attached hydrogens (tertiary/aromatic N) is 1. The number of hydrogen-bond acceptors (Lipinski definition) is 4. The average Bonchev–Trinajstić information content (AvgIpc) is 2.25. The predicted octanol–water partition coefficient (Wildman–Crippen LogP) is 1.62. The molecule has 76 valence electrons. The molecule has 0 saturated heterocycles. The Morgan fingerprint density at radius 1 is 1.36 bits per heavy atom. The van der Waals surface area contributed by atoms with E-state index in [-0.39, 0.29) is 12.4 Å². The lowest BCUT2D eigenvalue weighted by Crippen LogP contribution is -2.05. The van der Waals surface area contributed by atoms with Crippen LogP contribution in [0.1, 0.15) is 23.7 Å². The molecule has 1 aromatic rings. The van der Waals surface area contributed by atoms with Crippen LogP contribution in [0.5, 0.6) is 0 Å². The van der Waals surface area contributed by atoms with Crippen LogP contribution in [-0.2, 0) is 9.78 Å². The van der Waals surface area contributed by atoms with Gasteiger partial charge in [0.25, 0.3) is 0 Å². The van der Waals surface area contributed by atoms with Crippen LogP contribution in [0, 0.1) is 0 Å². The number of hydrogen-bond donors (Lipinski definition) is 0. The molecule has 0 spiro atoms. The van der Waals surface area contributed by atoms with Crippen LogP contribution in [0.25, 0.3) is 0 Å². The van der Waals surface area contributed by atoms with Gasteiger partial charge in [-0.25, -0.2) is 9.78 Å². The highest BCUT2D eigenvalue weighted by Crippen LogP contribution is 2.01. The van der Waals surface area contributed by atoms with Gasteiger partial charge in [-0.3, -0.25) is 9.78 Å². The summed E-state index contributed by atoms with van der Waals surface area (Å²) in [4.78, 5) is 24.7. The molecular formula is C10H13NO3. The average molecular weight is 195 g/mol. The molecule has 0 amide bonds. The molecule has 1 aromatic heterocycles. The molecule has 14 heavy (non-hydrogen) atoms. The topological polar surface area (TPSA) is 48.4 Å². The molecule has 4 nitrogen and oxygen atoms in total. The van der Waals surface area contributed by atoms with Gasteiger partial charge in [-0.2, -0.15) is 0 Å². The van der Waals surface area contributed by atoms with E-state index in [1.807, 2.05) is 6.92 Å². The third kappa shape index (κ3) is 3.64. The maximum absolute atomic E-state index is 11.4. The summed E-state index contributed by atoms with van der Waals surface area (Å²) in [6, 6.07) is 3.37. The van der Waals surface area contributed by atoms with Gasteiger partial charge in [-0.05, 0) is 19.1 Å². The molecule has 0 aliphatic rings. The van der Waals surface area contributed by atoms with Gasteiger partial charge in [-0.15, -0.1) is 0 Å². The predicted molar refractivity (Wildman–Crippen MR) is 50.8 cm³/mol. The summed E-state index contributed by atoms with van der Waals surface area (Å²) in [6.07, 6.45) is 3.51. The van der Waals surface area contributed by atoms with E-state index in [1.165, 1.54) is 0 Å². The maximum Gasteiger partial charge on any atom is 0.165 e. The minimum Gasteiger partial charge on any atom is -0.294 e. The van der Waals surface area contributed by atoms with Gasteiger partial charge < -0.3 is 0 Å². The van der Waals surface area contributed by atoms with Gasteiger partial charge >= 0.3 is 0 Å². The lowest BCUT2D eigenvalue weighted by Gasteiger charge is -2.01. The van der Waals surface area contributed by atoms with E-state index < -0.39 is 0 Å². The van der Waals surface area contributed by atoms with Gasteiger partial charge in [0.2, 0.25) is 0 Å². The Hall–Kier alpha value is -1.26. The number of ketones is 1. The molecule has 0 aromatic carbocycles. The summed E-state index contributed by atoms with van der Waals surface area (Å²) in [6.45, 7) is 2.60. The lowest BCUT2D eigenvalue weighted by atomic mass is 10.1. The Balaban J connectivity index is 2.29. The number of rotatable bonds is 6. The molecule has 1 rings (SSSR count). The first-order valence-electron chi connectivity index (χ1n) is 4.52. The van der Waals surface area contributed by atoms with Crippen LogP contribution in [0.15, 0.2) is 24.5 Å². The van der Waals surface area contributed by atoms with Gasteiger partial charge in [-0.1, -0.05) is 0 Å². The first kappa shape index (κ1) is 10.8. The van der Waals surface area contributed by atoms with Crippen LogP contribution in [0.4, 0.5) is 0 Å². The van der Waals surface area contributed by atoms with E-state index in [0.29, 0.717) is 18.6 Å². The standard InChI is InChI=1S/C10H13NO3/c1-2-13-14-8-5-10(12)9-3-6-11-7-4-9/h3-4,6-7H,2,5,8H2,1H3. The minimum atomic E-state index is 0.0344. The zero-order chi connectivity index (χ0) is 10.2. The van der Waals surface area contributed by atoms with Gasteiger partial charge in [0.1, 0.15) is 0 Å². The third-order valence-corrected chi connectivity index (χ3v) is 1.62. The Kier molecular flexibility index (Phi) is 4.82. The van der Waals surface area contributed by atoms with E-state index in [9.17, 15) is 4.79 Å². The summed E-state index contributed by atoms with van der Waals surface area (Å²) >= 11 is 0. The molecule has 0 fully saturated rings. The van der Waals surface area contributed by atoms with Crippen molar-refractivity contribution in [2.75, 3.05) is 13.2 Å². The fourth-order valence-electron chi connectivity index (χ4n) is 0.959. The van der Waals surface area contributed by atoms with Crippen LogP contribution in [0.3, 0.4) is 0 Å². The quantitative estimate of drug-likeness (QED) is 0.299. The van der Waals surface area contributed by atoms with Gasteiger partial charge in [0.05, 0.1) is 13.2 Å². The van der Waals surface area contributed by atoms with Crippen molar-refractivity contribution in [3.8, 4) is 0 Å². The van der Waals surface area contributed by atoms with Crippen LogP contribution in [-0.4, -0.2) is 24.0 Å². The van der Waals surface area contributed by atoms with Gasteiger partial charge in [0.15, 0.2) is 5.78 Å². The van der Waals surface area contributed by atoms with Crippen molar-refractivity contribution >= 4 is 5.78 Å². The molecule has 0 radical (unpaired) electrons. The molecule has 0 aliphatic carbocycles. The lowest BCUT2D eigenvalue weighted by molar-refractivity contribution is -0.289. The summed E-state index contributed by atoms with van der Waals surface area (Å²) in [5.41, 5.74) is 0.653. The van der Waals surface area contributed by atoms with Crippen LogP contribution in [0.2, 0.25) is 0 Å². The van der Waals surface area contributed by atoms with Crippen molar-refractivity contribution in [1.82, 2.24) is 4.98 Å². The van der Waals surface area contributed by atoms with Crippen molar-refractivity contribution < 1.29 is 14.6 Å². The molecule has 0 aliphatic heterocycles. The van der Waals surface area contributed by atoms with Crippen LogP contribution < -0.4 is 0 Å². The fraction of sp³-hybridized carbons (Fsp3) is 0.400. The SMILES string of the molecule is CCOOCCC(=O)c1ccncc1. The zero-order valence-electron chi connectivity index (χ0n) is 8.10. The summed E-state index contributed by atoms with van der Waals surface area (Å²) < 4.78 is 0. The molecule has 0 N–H and O–H groups in total. The summed E-state index contributed by atoms with van der Waals surface area (Å²) in [7, 11) is 0. The summed E-state index contributed by atoms with van der Waals surface area (Å²) in [5, 5.41) is 0. The highest BCUT2D eigenvalue weighted by atomic mass is 17.2. The number of aromatic nitrogens is 1. The number of Topliss-reactive ketones (excluding diaryl/α,β-unsaturated/α-hetero) is 1. The Labute approximate surface area is 82.8 Å². The molecule has 0 atom stereocenters. The summed E-state index contributed by atoms with van der Waals surface area (Å²) in [5.74, 6) is 0.0344. The Morgan fingerprint density at radius 3 is 2.71 bits per heavy atom. The van der Waals surface area contributed by atoms with E-state index in [0.717, 1.165) is 0 Å². The van der Waals surface area contributed by atoms with E-state index in [4.69, 9.17) is 4.89 Å². The van der Waals surface area contributed by atoms with Crippen molar-refractivity contribution in [2.24, 2.45) is 0 Å². The van der Waals surface area contributed by atoms with E-state index >= 15 is 0 Å². The smallest absolute Gasteiger partial charge is 0.165 e. The Morgan fingerprint density at radius 2 is 2.07 bits per heavy atom. The van der Waals surface area contributed by atoms with Crippen molar-refractivity contribution in [1.29, 1.82) is 0 Å². The largest absolute Gasteiger partial charge is 0.294 e. The molecule has 4 heteroatoms. The molecular weight excluding hydrogens is 182 g/mol. The molecule has 0 unspecified atom stereocenters. The molecule has 0 saturated carbocycles. The minimum absolute atomic E-state index is 0.0344. The first-order valence-corrected chi connectivity index (χ1v) is 4.52. The first-order chi connectivity index (χ1) is 6.84. The van der Waals surface area contributed by atoms with Gasteiger partial charge in [0, 0.05) is 24.4 Å². The van der Waals surface area contributed by atoms with Crippen molar-refractivity contribution in [2.45, 2.75) is 13.3 Å². The highest BCUT2D eigenvalue weighted by molar-refractivity contribution is 5.95. The molecule has 1 heterocycles. The van der Waals surface area contributed by atoms with E-state index in [1.54, 1.807) is 24.5 Å².